The number of nitrogens with two attached hydrogens (primary N) is 1. The number of unbranched alkanes of at least 4 members (excludes halogenated alkanes) is 1. The van der Waals surface area contributed by atoms with Crippen LogP contribution in [0, 0.1) is 5.41 Å². The maximum absolute atomic E-state index is 10.3. The molecule has 6 nitrogen and oxygen atoms in total. The summed E-state index contributed by atoms with van der Waals surface area (Å²) in [7, 11) is 0. The molecule has 0 saturated heterocycles. The largest absolute Gasteiger partial charge is 0.493 e. The minimum atomic E-state index is -0.384. The van der Waals surface area contributed by atoms with E-state index < -0.39 is 0 Å². The van der Waals surface area contributed by atoms with Crippen molar-refractivity contribution in [2.24, 2.45) is 16.0 Å². The van der Waals surface area contributed by atoms with E-state index in [-0.39, 0.29) is 11.8 Å². The van der Waals surface area contributed by atoms with Gasteiger partial charge in [-0.15, -0.1) is 10.2 Å². The zero-order valence-electron chi connectivity index (χ0n) is 10.8. The molecule has 0 atom stereocenters. The van der Waals surface area contributed by atoms with Gasteiger partial charge in [0, 0.05) is 11.9 Å². The molecule has 0 bridgehead atoms. The maximum atomic E-state index is 10.3. The topological polar surface area (TPSA) is 99.7 Å². The second kappa shape index (κ2) is 5.51. The van der Waals surface area contributed by atoms with Crippen molar-refractivity contribution in [2.45, 2.75) is 26.3 Å². The van der Waals surface area contributed by atoms with Gasteiger partial charge < -0.3 is 15.4 Å². The first-order chi connectivity index (χ1) is 9.15. The Morgan fingerprint density at radius 1 is 1.42 bits per heavy atom. The van der Waals surface area contributed by atoms with Crippen molar-refractivity contribution in [3.63, 3.8) is 0 Å². The molecule has 0 aliphatic rings. The highest BCUT2D eigenvalue weighted by molar-refractivity contribution is 5.95. The smallest absolute Gasteiger partial charge is 0.232 e. The lowest BCUT2D eigenvalue weighted by Crippen LogP contribution is -2.03. The van der Waals surface area contributed by atoms with Gasteiger partial charge in [0.05, 0.1) is 5.52 Å². The van der Waals surface area contributed by atoms with Gasteiger partial charge >= 0.3 is 0 Å². The Labute approximate surface area is 111 Å². The van der Waals surface area contributed by atoms with Crippen molar-refractivity contribution in [1.29, 1.82) is 5.41 Å². The fourth-order valence-electron chi connectivity index (χ4n) is 2.02. The van der Waals surface area contributed by atoms with Crippen molar-refractivity contribution in [3.05, 3.63) is 24.3 Å². The van der Waals surface area contributed by atoms with Crippen LogP contribution < -0.4 is 5.73 Å². The lowest BCUT2D eigenvalue weighted by molar-refractivity contribution is 0.418. The number of fused-ring (bicyclic) bond motifs is 1. The standard InChI is InChI=1S/C13H17N5O/c1-2-3-8-18-10-7-5-4-6-9(10)11(12(18)19)16-17-13(14)15/h4-7,19H,2-3,8H2,1H3,(H3,14,15). The van der Waals surface area contributed by atoms with E-state index in [0.29, 0.717) is 5.69 Å². The number of benzene rings is 1. The fraction of sp³-hybridized carbons (Fsp3) is 0.308. The van der Waals surface area contributed by atoms with E-state index in [0.717, 1.165) is 30.3 Å². The normalized spacial score (nSPS) is 11.4. The van der Waals surface area contributed by atoms with Crippen LogP contribution in [-0.2, 0) is 6.54 Å². The Balaban J connectivity index is 2.56. The molecule has 1 aromatic carbocycles. The molecule has 0 radical (unpaired) electrons. The molecule has 0 fully saturated rings. The van der Waals surface area contributed by atoms with Crippen LogP contribution >= 0.6 is 0 Å². The lowest BCUT2D eigenvalue weighted by atomic mass is 10.2. The fourth-order valence-corrected chi connectivity index (χ4v) is 2.02. The molecule has 2 rings (SSSR count). The molecule has 2 aromatic rings. The number of hydrogen-bond acceptors (Lipinski definition) is 3. The van der Waals surface area contributed by atoms with Crippen molar-refractivity contribution in [2.75, 3.05) is 0 Å². The van der Waals surface area contributed by atoms with E-state index in [2.05, 4.69) is 17.2 Å². The van der Waals surface area contributed by atoms with Crippen LogP contribution in [0.5, 0.6) is 5.88 Å². The summed E-state index contributed by atoms with van der Waals surface area (Å²) >= 11 is 0. The molecule has 0 saturated carbocycles. The zero-order valence-corrected chi connectivity index (χ0v) is 10.8. The summed E-state index contributed by atoms with van der Waals surface area (Å²) in [5.41, 5.74) is 6.43. The minimum Gasteiger partial charge on any atom is -0.493 e. The Morgan fingerprint density at radius 2 is 2.16 bits per heavy atom. The van der Waals surface area contributed by atoms with Crippen molar-refractivity contribution >= 4 is 22.5 Å². The maximum Gasteiger partial charge on any atom is 0.232 e. The van der Waals surface area contributed by atoms with Crippen LogP contribution in [0.15, 0.2) is 34.5 Å². The van der Waals surface area contributed by atoms with Gasteiger partial charge in [-0.3, -0.25) is 5.41 Å². The van der Waals surface area contributed by atoms with Crippen LogP contribution in [0.1, 0.15) is 19.8 Å². The summed E-state index contributed by atoms with van der Waals surface area (Å²) in [6.45, 7) is 2.82. The molecule has 0 aliphatic heterocycles. The van der Waals surface area contributed by atoms with Gasteiger partial charge in [0.1, 0.15) is 0 Å². The first-order valence-corrected chi connectivity index (χ1v) is 6.21. The second-order valence-electron chi connectivity index (χ2n) is 4.28. The number of azo groups is 1. The summed E-state index contributed by atoms with van der Waals surface area (Å²) in [4.78, 5) is 0. The molecule has 0 aliphatic carbocycles. The molecule has 6 heteroatoms. The van der Waals surface area contributed by atoms with Crippen molar-refractivity contribution < 1.29 is 5.11 Å². The third kappa shape index (κ3) is 2.57. The Kier molecular flexibility index (Phi) is 3.79. The number of aromatic nitrogens is 1. The van der Waals surface area contributed by atoms with Gasteiger partial charge in [-0.25, -0.2) is 0 Å². The average molecular weight is 259 g/mol. The van der Waals surface area contributed by atoms with Crippen LogP contribution in [0.3, 0.4) is 0 Å². The van der Waals surface area contributed by atoms with Gasteiger partial charge in [-0.05, 0) is 12.5 Å². The van der Waals surface area contributed by atoms with Crippen LogP contribution in [0.2, 0.25) is 0 Å². The average Bonchev–Trinajstić information content (AvgIpc) is 2.66. The number of nitrogens with zero attached hydrogens (tertiary/aromatic N) is 3. The van der Waals surface area contributed by atoms with Gasteiger partial charge in [0.15, 0.2) is 5.69 Å². The van der Waals surface area contributed by atoms with Crippen LogP contribution in [-0.4, -0.2) is 15.6 Å². The minimum absolute atomic E-state index is 0.0691. The van der Waals surface area contributed by atoms with Gasteiger partial charge in [0.2, 0.25) is 11.8 Å². The molecule has 0 amide bonds. The predicted molar refractivity (Wildman–Crippen MR) is 74.9 cm³/mol. The number of nitrogens with one attached hydrogen (secondary N) is 1. The molecule has 1 aromatic heterocycles. The Morgan fingerprint density at radius 3 is 2.84 bits per heavy atom. The molecule has 4 N–H and O–H groups in total. The van der Waals surface area contributed by atoms with Gasteiger partial charge in [-0.1, -0.05) is 31.5 Å². The molecule has 0 unspecified atom stereocenters. The van der Waals surface area contributed by atoms with Gasteiger partial charge in [0.25, 0.3) is 0 Å². The summed E-state index contributed by atoms with van der Waals surface area (Å²) in [5.74, 6) is -0.315. The third-order valence-corrected chi connectivity index (χ3v) is 2.91. The van der Waals surface area contributed by atoms with Crippen molar-refractivity contribution in [3.8, 4) is 5.88 Å². The number of hydrogen-bond donors (Lipinski definition) is 3. The molecule has 100 valence electrons. The number of guanidine groups is 1. The highest BCUT2D eigenvalue weighted by Crippen LogP contribution is 2.38. The van der Waals surface area contributed by atoms with Crippen molar-refractivity contribution in [1.82, 2.24) is 4.57 Å². The Bertz CT molecular complexity index is 629. The number of para-hydroxylation sites is 1. The van der Waals surface area contributed by atoms with E-state index in [1.54, 1.807) is 0 Å². The summed E-state index contributed by atoms with van der Waals surface area (Å²) < 4.78 is 1.81. The molecular formula is C13H17N5O. The highest BCUT2D eigenvalue weighted by atomic mass is 16.3. The second-order valence-corrected chi connectivity index (χ2v) is 4.28. The first kappa shape index (κ1) is 13.1. The molecular weight excluding hydrogens is 242 g/mol. The van der Waals surface area contributed by atoms with E-state index >= 15 is 0 Å². The first-order valence-electron chi connectivity index (χ1n) is 6.21. The quantitative estimate of drug-likeness (QED) is 0.446. The van der Waals surface area contributed by atoms with Crippen LogP contribution in [0.4, 0.5) is 5.69 Å². The zero-order chi connectivity index (χ0) is 13.8. The summed E-state index contributed by atoms with van der Waals surface area (Å²) in [6.07, 6.45) is 2.01. The number of rotatable bonds is 4. The van der Waals surface area contributed by atoms with Crippen LogP contribution in [0.25, 0.3) is 10.9 Å². The Hall–Kier alpha value is -2.37. The predicted octanol–water partition coefficient (Wildman–Crippen LogP) is 3.12. The monoisotopic (exact) mass is 259 g/mol. The van der Waals surface area contributed by atoms with E-state index in [9.17, 15) is 5.11 Å². The molecule has 0 spiro atoms. The lowest BCUT2D eigenvalue weighted by Gasteiger charge is -2.05. The van der Waals surface area contributed by atoms with E-state index in [1.165, 1.54) is 0 Å². The highest BCUT2D eigenvalue weighted by Gasteiger charge is 2.15. The van der Waals surface area contributed by atoms with E-state index in [4.69, 9.17) is 11.1 Å². The SMILES string of the molecule is CCCCn1c(O)c(N=NC(=N)N)c2ccccc21. The molecule has 19 heavy (non-hydrogen) atoms. The summed E-state index contributed by atoms with van der Waals surface area (Å²) in [6, 6.07) is 7.58. The number of aryl methyl sites for hydroxylation is 1. The van der Waals surface area contributed by atoms with E-state index in [1.807, 2.05) is 28.8 Å². The summed E-state index contributed by atoms with van der Waals surface area (Å²) in [5, 5.41) is 25.5. The molecule has 1 heterocycles. The van der Waals surface area contributed by atoms with Gasteiger partial charge in [-0.2, -0.15) is 0 Å². The number of aromatic hydroxyl groups is 1. The third-order valence-electron chi connectivity index (χ3n) is 2.91.